The van der Waals surface area contributed by atoms with Crippen LogP contribution in [0, 0.1) is 0 Å². The van der Waals surface area contributed by atoms with Gasteiger partial charge in [0, 0.05) is 28.9 Å². The van der Waals surface area contributed by atoms with Gasteiger partial charge in [-0.25, -0.2) is 13.1 Å². The zero-order chi connectivity index (χ0) is 23.3. The van der Waals surface area contributed by atoms with E-state index in [-0.39, 0.29) is 33.8 Å². The van der Waals surface area contributed by atoms with Gasteiger partial charge in [0.05, 0.1) is 4.90 Å². The molecule has 0 radical (unpaired) electrons. The number of nitrogens with one attached hydrogen (secondary N) is 2. The molecular weight excluding hydrogens is 432 g/mol. The molecule has 0 bridgehead atoms. The van der Waals surface area contributed by atoms with Gasteiger partial charge in [-0.15, -0.1) is 0 Å². The Hall–Kier alpha value is -4.02. The fraction of sp³-hybridized carbons (Fsp3) is 0.0455. The summed E-state index contributed by atoms with van der Waals surface area (Å²) in [6.45, 7) is 0.0927. The van der Waals surface area contributed by atoms with E-state index in [4.69, 9.17) is 11.5 Å². The third kappa shape index (κ3) is 5.56. The molecule has 0 heterocycles. The van der Waals surface area contributed by atoms with Gasteiger partial charge in [0.25, 0.3) is 5.91 Å². The molecule has 0 atom stereocenters. The highest BCUT2D eigenvalue weighted by Crippen LogP contribution is 2.18. The van der Waals surface area contributed by atoms with E-state index < -0.39 is 27.7 Å². The zero-order valence-electron chi connectivity index (χ0n) is 16.7. The molecular formula is C22H20N4O5S. The van der Waals surface area contributed by atoms with E-state index in [1.54, 1.807) is 24.3 Å². The Labute approximate surface area is 184 Å². The number of hydrogen-bond acceptors (Lipinski definition) is 5. The van der Waals surface area contributed by atoms with Crippen molar-refractivity contribution in [1.29, 1.82) is 0 Å². The van der Waals surface area contributed by atoms with Crippen molar-refractivity contribution in [2.24, 2.45) is 11.5 Å². The smallest absolute Gasteiger partial charge is 0.255 e. The van der Waals surface area contributed by atoms with Gasteiger partial charge in [0.1, 0.15) is 0 Å². The van der Waals surface area contributed by atoms with E-state index in [0.717, 1.165) is 5.56 Å². The number of anilines is 1. The molecule has 0 unspecified atom stereocenters. The molecule has 0 aliphatic heterocycles. The maximum atomic E-state index is 12.7. The van der Waals surface area contributed by atoms with Gasteiger partial charge in [-0.3, -0.25) is 14.4 Å². The normalized spacial score (nSPS) is 11.0. The first kappa shape index (κ1) is 22.7. The van der Waals surface area contributed by atoms with Crippen LogP contribution in [-0.4, -0.2) is 26.1 Å². The van der Waals surface area contributed by atoms with Crippen LogP contribution in [-0.2, 0) is 16.6 Å². The highest BCUT2D eigenvalue weighted by atomic mass is 32.2. The van der Waals surface area contributed by atoms with Crippen LogP contribution in [0.5, 0.6) is 0 Å². The number of nitrogens with two attached hydrogens (primary N) is 2. The second-order valence-corrected chi connectivity index (χ2v) is 8.59. The SMILES string of the molecule is NC(=O)c1cc(NC(=O)c2cccc(S(=O)(=O)NCc3ccccc3)c2)cc(C(N)=O)c1. The summed E-state index contributed by atoms with van der Waals surface area (Å²) < 4.78 is 27.7. The van der Waals surface area contributed by atoms with E-state index in [2.05, 4.69) is 10.0 Å². The van der Waals surface area contributed by atoms with Crippen molar-refractivity contribution in [2.45, 2.75) is 11.4 Å². The van der Waals surface area contributed by atoms with Crippen molar-refractivity contribution in [3.05, 3.63) is 95.1 Å². The maximum Gasteiger partial charge on any atom is 0.255 e. The maximum absolute atomic E-state index is 12.7. The lowest BCUT2D eigenvalue weighted by Gasteiger charge is -2.10. The third-order valence-corrected chi connectivity index (χ3v) is 5.87. The molecule has 0 saturated heterocycles. The van der Waals surface area contributed by atoms with Crippen LogP contribution in [0.15, 0.2) is 77.7 Å². The summed E-state index contributed by atoms with van der Waals surface area (Å²) in [5.41, 5.74) is 11.4. The standard InChI is InChI=1S/C22H20N4O5S/c23-20(27)16-9-17(21(24)28)11-18(10-16)26-22(29)15-7-4-8-19(12-15)32(30,31)25-13-14-5-2-1-3-6-14/h1-12,25H,13H2,(H2,23,27)(H2,24,28)(H,26,29). The lowest BCUT2D eigenvalue weighted by molar-refractivity contribution is 0.0994. The van der Waals surface area contributed by atoms with Gasteiger partial charge in [-0.1, -0.05) is 36.4 Å². The molecule has 9 nitrogen and oxygen atoms in total. The molecule has 0 fully saturated rings. The zero-order valence-corrected chi connectivity index (χ0v) is 17.6. The van der Waals surface area contributed by atoms with Crippen LogP contribution >= 0.6 is 0 Å². The summed E-state index contributed by atoms with van der Waals surface area (Å²) in [4.78, 5) is 35.6. The summed E-state index contributed by atoms with van der Waals surface area (Å²) in [6.07, 6.45) is 0. The fourth-order valence-electron chi connectivity index (χ4n) is 2.85. The number of carbonyl (C=O) groups is 3. The van der Waals surface area contributed by atoms with Gasteiger partial charge in [-0.05, 0) is 42.0 Å². The topological polar surface area (TPSA) is 161 Å². The van der Waals surface area contributed by atoms with Gasteiger partial charge in [0.15, 0.2) is 0 Å². The number of primary amides is 2. The number of rotatable bonds is 8. The predicted molar refractivity (Wildman–Crippen MR) is 118 cm³/mol. The molecule has 3 aromatic carbocycles. The average Bonchev–Trinajstić information content (AvgIpc) is 2.78. The summed E-state index contributed by atoms with van der Waals surface area (Å²) in [5, 5.41) is 2.52. The van der Waals surface area contributed by atoms with E-state index in [1.807, 2.05) is 6.07 Å². The summed E-state index contributed by atoms with van der Waals surface area (Å²) in [7, 11) is -3.88. The molecule has 0 spiro atoms. The second-order valence-electron chi connectivity index (χ2n) is 6.82. The quantitative estimate of drug-likeness (QED) is 0.408. The molecule has 164 valence electrons. The van der Waals surface area contributed by atoms with Crippen LogP contribution in [0.2, 0.25) is 0 Å². The largest absolute Gasteiger partial charge is 0.366 e. The van der Waals surface area contributed by atoms with Crippen LogP contribution in [0.4, 0.5) is 5.69 Å². The Morgan fingerprint density at radius 1 is 0.750 bits per heavy atom. The van der Waals surface area contributed by atoms with Crippen LogP contribution in [0.3, 0.4) is 0 Å². The lowest BCUT2D eigenvalue weighted by Crippen LogP contribution is -2.23. The molecule has 0 aliphatic rings. The summed E-state index contributed by atoms with van der Waals surface area (Å²) in [5.74, 6) is -2.26. The highest BCUT2D eigenvalue weighted by molar-refractivity contribution is 7.89. The van der Waals surface area contributed by atoms with Crippen LogP contribution in [0.1, 0.15) is 36.6 Å². The van der Waals surface area contributed by atoms with Crippen molar-refractivity contribution in [3.8, 4) is 0 Å². The van der Waals surface area contributed by atoms with Gasteiger partial charge in [0.2, 0.25) is 21.8 Å². The monoisotopic (exact) mass is 452 g/mol. The van der Waals surface area contributed by atoms with Crippen LogP contribution in [0.25, 0.3) is 0 Å². The van der Waals surface area contributed by atoms with E-state index in [1.165, 1.54) is 42.5 Å². The Balaban J connectivity index is 1.81. The summed E-state index contributed by atoms with van der Waals surface area (Å²) in [6, 6.07) is 18.2. The minimum Gasteiger partial charge on any atom is -0.366 e. The molecule has 0 aliphatic carbocycles. The second kappa shape index (κ2) is 9.41. The molecule has 10 heteroatoms. The highest BCUT2D eigenvalue weighted by Gasteiger charge is 2.17. The predicted octanol–water partition coefficient (Wildman–Crippen LogP) is 1.62. The number of benzene rings is 3. The molecule has 0 aromatic heterocycles. The first-order valence-electron chi connectivity index (χ1n) is 9.35. The summed E-state index contributed by atoms with van der Waals surface area (Å²) >= 11 is 0. The van der Waals surface area contributed by atoms with Crippen molar-refractivity contribution < 1.29 is 22.8 Å². The van der Waals surface area contributed by atoms with Gasteiger partial charge in [-0.2, -0.15) is 0 Å². The molecule has 3 aromatic rings. The lowest BCUT2D eigenvalue weighted by atomic mass is 10.1. The minimum absolute atomic E-state index is 0.0157. The Morgan fingerprint density at radius 2 is 1.38 bits per heavy atom. The number of sulfonamides is 1. The van der Waals surface area contributed by atoms with Crippen molar-refractivity contribution in [1.82, 2.24) is 4.72 Å². The average molecular weight is 452 g/mol. The number of hydrogen-bond donors (Lipinski definition) is 4. The minimum atomic E-state index is -3.88. The van der Waals surface area contributed by atoms with Crippen molar-refractivity contribution in [3.63, 3.8) is 0 Å². The molecule has 32 heavy (non-hydrogen) atoms. The van der Waals surface area contributed by atoms with Crippen molar-refractivity contribution in [2.75, 3.05) is 5.32 Å². The number of amides is 3. The first-order chi connectivity index (χ1) is 15.2. The van der Waals surface area contributed by atoms with Crippen molar-refractivity contribution >= 4 is 33.4 Å². The number of carbonyl (C=O) groups excluding carboxylic acids is 3. The van der Waals surface area contributed by atoms with E-state index in [0.29, 0.717) is 0 Å². The van der Waals surface area contributed by atoms with Gasteiger partial charge >= 0.3 is 0 Å². The van der Waals surface area contributed by atoms with Crippen LogP contribution < -0.4 is 21.5 Å². The van der Waals surface area contributed by atoms with Gasteiger partial charge < -0.3 is 16.8 Å². The third-order valence-electron chi connectivity index (χ3n) is 4.48. The molecule has 6 N–H and O–H groups in total. The van der Waals surface area contributed by atoms with E-state index in [9.17, 15) is 22.8 Å². The fourth-order valence-corrected chi connectivity index (χ4v) is 3.91. The first-order valence-corrected chi connectivity index (χ1v) is 10.8. The Kier molecular flexibility index (Phi) is 6.67. The molecule has 3 amide bonds. The Bertz CT molecular complexity index is 1260. The van der Waals surface area contributed by atoms with E-state index >= 15 is 0 Å². The Morgan fingerprint density at radius 3 is 1.97 bits per heavy atom. The molecule has 3 rings (SSSR count). The molecule has 0 saturated carbocycles.